The number of hydrogen-bond acceptors (Lipinski definition) is 2. The van der Waals surface area contributed by atoms with E-state index in [4.69, 9.17) is 0 Å². The Kier molecular flexibility index (Phi) is 3.98. The second-order valence-corrected chi connectivity index (χ2v) is 3.79. The number of nitrogens with zero attached hydrogens (tertiary/aromatic N) is 1. The van der Waals surface area contributed by atoms with Crippen LogP contribution in [0.25, 0.3) is 0 Å². The fraction of sp³-hybridized carbons (Fsp3) is 1.00. The van der Waals surface area contributed by atoms with Crippen molar-refractivity contribution in [1.82, 2.24) is 10.2 Å². The minimum atomic E-state index is 0.0622. The van der Waals surface area contributed by atoms with E-state index in [1.807, 2.05) is 0 Å². The maximum atomic E-state index is 10.3. The van der Waals surface area contributed by atoms with E-state index in [0.29, 0.717) is 12.1 Å². The Morgan fingerprint density at radius 1 is 1.33 bits per heavy atom. The highest BCUT2D eigenvalue weighted by Gasteiger charge is 2.19. The lowest BCUT2D eigenvalue weighted by Gasteiger charge is -2.35. The van der Waals surface area contributed by atoms with Crippen molar-refractivity contribution >= 4 is 0 Å². The molecule has 1 fully saturated rings. The van der Waals surface area contributed by atoms with Gasteiger partial charge in [0.15, 0.2) is 0 Å². The highest BCUT2D eigenvalue weighted by molar-refractivity contribution is 4.80. The van der Waals surface area contributed by atoms with Crippen LogP contribution in [-0.2, 0) is 5.11 Å². The minimum Gasteiger partial charge on any atom is -0.309 e. The van der Waals surface area contributed by atoms with Crippen molar-refractivity contribution < 1.29 is 5.11 Å². The van der Waals surface area contributed by atoms with Crippen molar-refractivity contribution in [3.63, 3.8) is 0 Å². The first kappa shape index (κ1) is 9.96. The van der Waals surface area contributed by atoms with E-state index < -0.39 is 0 Å². The Bertz CT molecular complexity index is 120. The van der Waals surface area contributed by atoms with Gasteiger partial charge in [-0.05, 0) is 20.3 Å². The van der Waals surface area contributed by atoms with Gasteiger partial charge in [0.1, 0.15) is 0 Å². The van der Waals surface area contributed by atoms with E-state index in [9.17, 15) is 5.11 Å². The summed E-state index contributed by atoms with van der Waals surface area (Å²) < 4.78 is 0. The number of hydrogen-bond donors (Lipinski definition) is 1. The summed E-state index contributed by atoms with van der Waals surface area (Å²) in [6.07, 6.45) is 0.791. The Morgan fingerprint density at radius 3 is 2.42 bits per heavy atom. The van der Waals surface area contributed by atoms with Gasteiger partial charge in [-0.15, -0.1) is 0 Å². The molecule has 1 aliphatic heterocycles. The van der Waals surface area contributed by atoms with Crippen molar-refractivity contribution in [3.8, 4) is 0 Å². The largest absolute Gasteiger partial charge is 0.309 e. The van der Waals surface area contributed by atoms with Crippen LogP contribution in [-0.4, -0.2) is 43.2 Å². The van der Waals surface area contributed by atoms with E-state index in [0.717, 1.165) is 26.1 Å². The summed E-state index contributed by atoms with van der Waals surface area (Å²) in [6.45, 7) is 7.60. The molecule has 0 aromatic carbocycles. The van der Waals surface area contributed by atoms with Gasteiger partial charge in [-0.25, -0.2) is 5.11 Å². The first-order chi connectivity index (χ1) is 5.72. The van der Waals surface area contributed by atoms with E-state index in [1.165, 1.54) is 0 Å². The van der Waals surface area contributed by atoms with E-state index >= 15 is 0 Å². The Morgan fingerprint density at radius 2 is 1.92 bits per heavy atom. The predicted octanol–water partition coefficient (Wildman–Crippen LogP) is 0.489. The second-order valence-electron chi connectivity index (χ2n) is 3.79. The van der Waals surface area contributed by atoms with Gasteiger partial charge >= 0.3 is 0 Å². The molecule has 3 nitrogen and oxygen atoms in total. The summed E-state index contributed by atoms with van der Waals surface area (Å²) in [7, 11) is 0. The Labute approximate surface area is 74.8 Å². The van der Waals surface area contributed by atoms with Gasteiger partial charge in [0, 0.05) is 31.7 Å². The van der Waals surface area contributed by atoms with Gasteiger partial charge in [-0.2, -0.15) is 0 Å². The average Bonchev–Trinajstić information content (AvgIpc) is 1.99. The molecule has 2 unspecified atom stereocenters. The van der Waals surface area contributed by atoms with Crippen LogP contribution in [0, 0.1) is 0 Å². The first-order valence-electron chi connectivity index (χ1n) is 4.79. The zero-order chi connectivity index (χ0) is 8.97. The topological polar surface area (TPSA) is 35.2 Å². The molecule has 1 aliphatic rings. The molecule has 3 heteroatoms. The molecule has 12 heavy (non-hydrogen) atoms. The molecule has 0 aromatic rings. The third-order valence-electron chi connectivity index (χ3n) is 2.25. The van der Waals surface area contributed by atoms with Crippen molar-refractivity contribution in [2.45, 2.75) is 32.4 Å². The van der Waals surface area contributed by atoms with Crippen LogP contribution in [0.2, 0.25) is 0 Å². The number of piperazine rings is 1. The highest BCUT2D eigenvalue weighted by atomic mass is 16.3. The molecule has 0 aromatic heterocycles. The molecule has 1 N–H and O–H groups in total. The lowest BCUT2D eigenvalue weighted by Crippen LogP contribution is -2.54. The molecule has 1 rings (SSSR count). The standard InChI is InChI=1S/C9H19N2O/c1-8-6-11(4-3-5-12)7-9(2)10-8/h8-10H,3-7H2,1-2H3. The normalized spacial score (nSPS) is 32.2. The van der Waals surface area contributed by atoms with Gasteiger partial charge in [-0.3, -0.25) is 0 Å². The zero-order valence-electron chi connectivity index (χ0n) is 8.05. The summed E-state index contributed by atoms with van der Waals surface area (Å²) in [4.78, 5) is 2.38. The van der Waals surface area contributed by atoms with E-state index in [-0.39, 0.29) is 6.61 Å². The Hall–Kier alpha value is -0.120. The van der Waals surface area contributed by atoms with Crippen molar-refractivity contribution in [3.05, 3.63) is 0 Å². The third kappa shape index (κ3) is 3.09. The number of rotatable bonds is 3. The van der Waals surface area contributed by atoms with Crippen molar-refractivity contribution in [1.29, 1.82) is 0 Å². The van der Waals surface area contributed by atoms with Crippen LogP contribution in [0.15, 0.2) is 0 Å². The summed E-state index contributed by atoms with van der Waals surface area (Å²) in [5.41, 5.74) is 0. The summed E-state index contributed by atoms with van der Waals surface area (Å²) in [5, 5.41) is 13.8. The van der Waals surface area contributed by atoms with Crippen LogP contribution >= 0.6 is 0 Å². The highest BCUT2D eigenvalue weighted by Crippen LogP contribution is 2.03. The van der Waals surface area contributed by atoms with E-state index in [1.54, 1.807) is 0 Å². The average molecular weight is 171 g/mol. The molecular formula is C9H19N2O. The number of nitrogens with one attached hydrogen (secondary N) is 1. The van der Waals surface area contributed by atoms with Crippen LogP contribution in [0.3, 0.4) is 0 Å². The predicted molar refractivity (Wildman–Crippen MR) is 48.7 cm³/mol. The molecule has 1 radical (unpaired) electrons. The molecule has 1 saturated heterocycles. The lowest BCUT2D eigenvalue weighted by molar-refractivity contribution is 0.136. The fourth-order valence-electron chi connectivity index (χ4n) is 1.91. The smallest absolute Gasteiger partial charge is 0.0834 e. The van der Waals surface area contributed by atoms with Gasteiger partial charge in [0.25, 0.3) is 0 Å². The molecule has 0 amide bonds. The zero-order valence-corrected chi connectivity index (χ0v) is 8.05. The minimum absolute atomic E-state index is 0.0622. The molecule has 0 aliphatic carbocycles. The monoisotopic (exact) mass is 171 g/mol. The van der Waals surface area contributed by atoms with Crippen molar-refractivity contribution in [2.75, 3.05) is 26.2 Å². The molecule has 0 saturated carbocycles. The third-order valence-corrected chi connectivity index (χ3v) is 2.25. The van der Waals surface area contributed by atoms with Gasteiger partial charge in [-0.1, -0.05) is 0 Å². The molecule has 2 atom stereocenters. The van der Waals surface area contributed by atoms with Gasteiger partial charge in [0.05, 0.1) is 6.61 Å². The van der Waals surface area contributed by atoms with Crippen LogP contribution in [0.1, 0.15) is 20.3 Å². The van der Waals surface area contributed by atoms with Crippen molar-refractivity contribution in [2.24, 2.45) is 0 Å². The first-order valence-corrected chi connectivity index (χ1v) is 4.79. The van der Waals surface area contributed by atoms with Crippen LogP contribution in [0.5, 0.6) is 0 Å². The summed E-state index contributed by atoms with van der Waals surface area (Å²) >= 11 is 0. The molecule has 71 valence electrons. The SMILES string of the molecule is CC1CN(CCC[O])CC(C)N1. The molecule has 0 bridgehead atoms. The lowest BCUT2D eigenvalue weighted by atomic mass is 10.1. The summed E-state index contributed by atoms with van der Waals surface area (Å²) in [5.74, 6) is 0. The van der Waals surface area contributed by atoms with Gasteiger partial charge in [0.2, 0.25) is 0 Å². The second kappa shape index (κ2) is 4.80. The maximum Gasteiger partial charge on any atom is 0.0834 e. The van der Waals surface area contributed by atoms with Gasteiger partial charge < -0.3 is 10.2 Å². The molecular weight excluding hydrogens is 152 g/mol. The van der Waals surface area contributed by atoms with Crippen LogP contribution in [0.4, 0.5) is 0 Å². The van der Waals surface area contributed by atoms with Crippen LogP contribution < -0.4 is 5.32 Å². The molecule has 0 spiro atoms. The molecule has 1 heterocycles. The fourth-order valence-corrected chi connectivity index (χ4v) is 1.91. The van der Waals surface area contributed by atoms with E-state index in [2.05, 4.69) is 24.1 Å². The summed E-state index contributed by atoms with van der Waals surface area (Å²) in [6, 6.07) is 1.14. The Balaban J connectivity index is 2.24. The maximum absolute atomic E-state index is 10.3. The quantitative estimate of drug-likeness (QED) is 0.670.